The van der Waals surface area contributed by atoms with Crippen LogP contribution in [0.1, 0.15) is 25.8 Å². The summed E-state index contributed by atoms with van der Waals surface area (Å²) >= 11 is 0. The Morgan fingerprint density at radius 2 is 2.05 bits per heavy atom. The lowest BCUT2D eigenvalue weighted by Crippen LogP contribution is -2.29. The third kappa shape index (κ3) is 3.16. The summed E-state index contributed by atoms with van der Waals surface area (Å²) in [6, 6.07) is 4.50. The molecular weight excluding hydrogens is 308 g/mol. The first-order valence-electron chi connectivity index (χ1n) is 6.82. The number of carbonyl (C=O) groups is 1. The van der Waals surface area contributed by atoms with Gasteiger partial charge in [-0.1, -0.05) is 19.9 Å². The molecule has 0 radical (unpaired) electrons. The quantitative estimate of drug-likeness (QED) is 0.761. The van der Waals surface area contributed by atoms with Crippen molar-refractivity contribution in [2.24, 2.45) is 5.92 Å². The van der Waals surface area contributed by atoms with E-state index < -0.39 is 16.1 Å². The smallest absolute Gasteiger partial charge is 0.330 e. The summed E-state index contributed by atoms with van der Waals surface area (Å²) in [6.07, 6.45) is 1.88. The molecule has 1 aromatic carbocycles. The van der Waals surface area contributed by atoms with E-state index in [9.17, 15) is 23.4 Å². The van der Waals surface area contributed by atoms with Gasteiger partial charge < -0.3 is 10.2 Å². The minimum atomic E-state index is -3.94. The lowest BCUT2D eigenvalue weighted by molar-refractivity contribution is -0.122. The molecular formula is C14H18N2O5S. The van der Waals surface area contributed by atoms with E-state index in [-0.39, 0.29) is 23.1 Å². The van der Waals surface area contributed by atoms with Crippen LogP contribution in [0.25, 0.3) is 0 Å². The van der Waals surface area contributed by atoms with E-state index in [0.29, 0.717) is 12.8 Å². The van der Waals surface area contributed by atoms with E-state index in [0.717, 1.165) is 16.1 Å². The van der Waals surface area contributed by atoms with Gasteiger partial charge in [-0.05, 0) is 24.1 Å². The molecule has 0 aromatic heterocycles. The summed E-state index contributed by atoms with van der Waals surface area (Å²) in [5, 5.41) is 19.3. The van der Waals surface area contributed by atoms with Gasteiger partial charge in [-0.25, -0.2) is 9.03 Å². The Hall–Kier alpha value is -2.22. The van der Waals surface area contributed by atoms with E-state index in [2.05, 4.69) is 0 Å². The first-order valence-corrected chi connectivity index (χ1v) is 8.26. The summed E-state index contributed by atoms with van der Waals surface area (Å²) in [4.78, 5) is 11.6. The van der Waals surface area contributed by atoms with Crippen LogP contribution < -0.4 is 9.03 Å². The van der Waals surface area contributed by atoms with Crippen molar-refractivity contribution in [2.75, 3.05) is 4.31 Å². The molecule has 1 unspecified atom stereocenters. The third-order valence-electron chi connectivity index (χ3n) is 3.45. The minimum absolute atomic E-state index is 0.0229. The first-order chi connectivity index (χ1) is 10.2. The number of aliphatic hydroxyl groups is 1. The lowest BCUT2D eigenvalue weighted by atomic mass is 9.95. The zero-order valence-electron chi connectivity index (χ0n) is 12.3. The Morgan fingerprint density at radius 1 is 1.36 bits per heavy atom. The number of hydrogen-bond donors (Lipinski definition) is 3. The second-order valence-corrected chi connectivity index (χ2v) is 6.71. The van der Waals surface area contributed by atoms with E-state index in [4.69, 9.17) is 0 Å². The molecule has 1 atom stereocenters. The van der Waals surface area contributed by atoms with Gasteiger partial charge in [-0.2, -0.15) is 8.42 Å². The zero-order chi connectivity index (χ0) is 16.5. The Morgan fingerprint density at radius 3 is 2.55 bits per heavy atom. The molecule has 2 rings (SSSR count). The summed E-state index contributed by atoms with van der Waals surface area (Å²) in [6.45, 7) is 3.61. The second kappa shape index (κ2) is 5.88. The van der Waals surface area contributed by atoms with Crippen molar-refractivity contribution >= 4 is 21.7 Å². The largest absolute Gasteiger partial charge is 0.506 e. The van der Waals surface area contributed by atoms with Crippen molar-refractivity contribution in [3.05, 3.63) is 35.8 Å². The van der Waals surface area contributed by atoms with Crippen molar-refractivity contribution in [2.45, 2.75) is 26.7 Å². The van der Waals surface area contributed by atoms with Crippen LogP contribution in [0, 0.1) is 5.92 Å². The summed E-state index contributed by atoms with van der Waals surface area (Å²) in [5.74, 6) is -0.810. The number of phenols is 1. The molecule has 0 fully saturated rings. The highest BCUT2D eigenvalue weighted by molar-refractivity contribution is 7.91. The maximum atomic E-state index is 11.8. The van der Waals surface area contributed by atoms with Crippen molar-refractivity contribution in [3.8, 4) is 5.75 Å². The summed E-state index contributed by atoms with van der Waals surface area (Å²) in [7, 11) is -3.94. The molecule has 1 aliphatic rings. The maximum absolute atomic E-state index is 11.8. The monoisotopic (exact) mass is 326 g/mol. The minimum Gasteiger partial charge on any atom is -0.506 e. The Bertz CT molecular complexity index is 727. The van der Waals surface area contributed by atoms with Gasteiger partial charge in [0.15, 0.2) is 0 Å². The van der Waals surface area contributed by atoms with Gasteiger partial charge in [0.05, 0.1) is 6.20 Å². The van der Waals surface area contributed by atoms with E-state index in [1.165, 1.54) is 12.1 Å². The Labute approximate surface area is 129 Å². The van der Waals surface area contributed by atoms with Gasteiger partial charge in [0.2, 0.25) is 5.88 Å². The van der Waals surface area contributed by atoms with Crippen LogP contribution in [0.2, 0.25) is 0 Å². The van der Waals surface area contributed by atoms with Crippen LogP contribution in [-0.4, -0.2) is 24.4 Å². The molecule has 0 aliphatic carbocycles. The maximum Gasteiger partial charge on any atom is 0.330 e. The molecule has 22 heavy (non-hydrogen) atoms. The van der Waals surface area contributed by atoms with Gasteiger partial charge in [0.1, 0.15) is 17.2 Å². The van der Waals surface area contributed by atoms with Crippen LogP contribution in [0.15, 0.2) is 30.3 Å². The number of aromatic hydroxyl groups is 1. The number of rotatable bonds is 5. The van der Waals surface area contributed by atoms with Crippen molar-refractivity contribution in [1.29, 1.82) is 0 Å². The number of ketones is 1. The highest BCUT2D eigenvalue weighted by atomic mass is 32.2. The topological polar surface area (TPSA) is 107 Å². The molecule has 0 bridgehead atoms. The van der Waals surface area contributed by atoms with Crippen LogP contribution in [0.4, 0.5) is 5.69 Å². The van der Waals surface area contributed by atoms with E-state index in [1.807, 2.05) is 11.6 Å². The number of aliphatic hydroxyl groups excluding tert-OH is 1. The number of nitrogens with one attached hydrogen (secondary N) is 1. The molecule has 8 heteroatoms. The number of anilines is 1. The second-order valence-electron chi connectivity index (χ2n) is 5.17. The van der Waals surface area contributed by atoms with Crippen molar-refractivity contribution in [1.82, 2.24) is 4.72 Å². The van der Waals surface area contributed by atoms with E-state index in [1.54, 1.807) is 13.0 Å². The molecule has 120 valence electrons. The molecule has 0 saturated carbocycles. The molecule has 0 spiro atoms. The molecule has 0 amide bonds. The first kappa shape index (κ1) is 16.2. The average Bonchev–Trinajstić information content (AvgIpc) is 2.70. The number of benzene rings is 1. The predicted octanol–water partition coefficient (Wildman–Crippen LogP) is 1.56. The SMILES string of the molecule is CCC(=O)C(C)Cc1ccc(N2C=C(O)NS2(=O)=O)c(O)c1. The highest BCUT2D eigenvalue weighted by Gasteiger charge is 2.30. The van der Waals surface area contributed by atoms with Crippen molar-refractivity contribution < 1.29 is 23.4 Å². The number of Topliss-reactive ketones (excluding diaryl/α,β-unsaturated/α-hetero) is 1. The van der Waals surface area contributed by atoms with E-state index >= 15 is 0 Å². The molecule has 3 N–H and O–H groups in total. The summed E-state index contributed by atoms with van der Waals surface area (Å²) < 4.78 is 26.2. The van der Waals surface area contributed by atoms with Gasteiger partial charge in [-0.3, -0.25) is 4.79 Å². The number of phenolic OH excluding ortho intramolecular Hbond substituents is 1. The fourth-order valence-corrected chi connectivity index (χ4v) is 3.35. The van der Waals surface area contributed by atoms with Crippen LogP contribution in [-0.2, 0) is 21.4 Å². The average molecular weight is 326 g/mol. The molecule has 1 aromatic rings. The standard InChI is InChI=1S/C14H18N2O5S/c1-3-12(17)9(2)6-10-4-5-11(13(18)7-10)16-8-14(19)15-22(16,20)21/h4-5,7-9,15,18-19H,3,6H2,1-2H3. The van der Waals surface area contributed by atoms with Gasteiger partial charge >= 0.3 is 10.2 Å². The normalized spacial score (nSPS) is 17.7. The van der Waals surface area contributed by atoms with Gasteiger partial charge in [0, 0.05) is 12.3 Å². The van der Waals surface area contributed by atoms with Crippen LogP contribution in [0.3, 0.4) is 0 Å². The number of carbonyl (C=O) groups excluding carboxylic acids is 1. The van der Waals surface area contributed by atoms with Crippen LogP contribution >= 0.6 is 0 Å². The molecule has 1 aliphatic heterocycles. The fraction of sp³-hybridized carbons (Fsp3) is 0.357. The molecule has 1 heterocycles. The number of hydrogen-bond acceptors (Lipinski definition) is 5. The number of nitrogens with zero attached hydrogens (tertiary/aromatic N) is 1. The lowest BCUT2D eigenvalue weighted by Gasteiger charge is -2.16. The van der Waals surface area contributed by atoms with Gasteiger partial charge in [0.25, 0.3) is 0 Å². The molecule has 0 saturated heterocycles. The van der Waals surface area contributed by atoms with Crippen molar-refractivity contribution in [3.63, 3.8) is 0 Å². The summed E-state index contributed by atoms with van der Waals surface area (Å²) in [5.41, 5.74) is 0.753. The predicted molar refractivity (Wildman–Crippen MR) is 81.5 cm³/mol. The van der Waals surface area contributed by atoms with Gasteiger partial charge in [-0.15, -0.1) is 0 Å². The Balaban J connectivity index is 2.26. The van der Waals surface area contributed by atoms with Crippen LogP contribution in [0.5, 0.6) is 5.75 Å². The highest BCUT2D eigenvalue weighted by Crippen LogP contribution is 2.33. The fourth-order valence-electron chi connectivity index (χ4n) is 2.29. The Kier molecular flexibility index (Phi) is 4.32. The third-order valence-corrected chi connectivity index (χ3v) is 4.74. The molecule has 7 nitrogen and oxygen atoms in total. The zero-order valence-corrected chi connectivity index (χ0v) is 13.1.